The van der Waals surface area contributed by atoms with Gasteiger partial charge in [0.25, 0.3) is 5.88 Å². The summed E-state index contributed by atoms with van der Waals surface area (Å²) < 4.78 is 30.0. The molecule has 0 bridgehead atoms. The zero-order valence-electron chi connectivity index (χ0n) is 13.8. The second kappa shape index (κ2) is 6.94. The van der Waals surface area contributed by atoms with Crippen LogP contribution < -0.4 is 10.5 Å². The van der Waals surface area contributed by atoms with E-state index in [0.717, 1.165) is 23.3 Å². The third kappa shape index (κ3) is 2.90. The van der Waals surface area contributed by atoms with Gasteiger partial charge in [-0.1, -0.05) is 11.2 Å². The summed E-state index contributed by atoms with van der Waals surface area (Å²) in [6.45, 7) is 0.432. The molecule has 0 N–H and O–H groups in total. The second-order valence-corrected chi connectivity index (χ2v) is 6.80. The maximum absolute atomic E-state index is 13.6. The Kier molecular flexibility index (Phi) is 4.49. The summed E-state index contributed by atoms with van der Waals surface area (Å²) >= 11 is 1.71. The van der Waals surface area contributed by atoms with Crippen molar-refractivity contribution in [1.29, 1.82) is 0 Å². The van der Waals surface area contributed by atoms with Crippen molar-refractivity contribution < 1.29 is 18.3 Å². The van der Waals surface area contributed by atoms with Crippen LogP contribution in [0.2, 0.25) is 0 Å². The number of thioether (sulfide) groups is 1. The Balaban J connectivity index is 1.65. The monoisotopic (exact) mass is 378 g/mol. The molecule has 1 aromatic carbocycles. The molecule has 0 saturated carbocycles. The third-order valence-electron chi connectivity index (χ3n) is 4.23. The van der Waals surface area contributed by atoms with Gasteiger partial charge in [0.1, 0.15) is 5.82 Å². The average Bonchev–Trinajstić information content (AvgIpc) is 3.22. The lowest BCUT2D eigenvalue weighted by molar-refractivity contribution is 0.256. The fraction of sp³-hybridized carbons (Fsp3) is 0.375. The molecule has 1 unspecified atom stereocenters. The molecule has 0 radical (unpaired) electrons. The fourth-order valence-corrected chi connectivity index (χ4v) is 3.36. The Morgan fingerprint density at radius 3 is 3.12 bits per heavy atom. The van der Waals surface area contributed by atoms with Crippen molar-refractivity contribution in [3.63, 3.8) is 0 Å². The van der Waals surface area contributed by atoms with E-state index in [4.69, 9.17) is 13.9 Å². The molecule has 0 spiro atoms. The van der Waals surface area contributed by atoms with Gasteiger partial charge in [-0.05, 0) is 58.4 Å². The summed E-state index contributed by atoms with van der Waals surface area (Å²) in [5.41, 5.74) is 1.88. The lowest BCUT2D eigenvalue weighted by Gasteiger charge is -2.30. The zero-order valence-corrected chi connectivity index (χ0v) is 14.7. The fourth-order valence-electron chi connectivity index (χ4n) is 2.95. The van der Waals surface area contributed by atoms with Crippen molar-refractivity contribution in [1.82, 2.24) is 20.0 Å². The van der Waals surface area contributed by atoms with Crippen LogP contribution in [0, 0.1) is 5.82 Å². The Labute approximate surface area is 151 Å². The Morgan fingerprint density at radius 2 is 2.27 bits per heavy atom. The molecular weight excluding hydrogens is 363 g/mol. The summed E-state index contributed by atoms with van der Waals surface area (Å²) in [4.78, 5) is 12.2. The topological polar surface area (TPSA) is 96.2 Å². The van der Waals surface area contributed by atoms with Crippen LogP contribution in [-0.2, 0) is 6.42 Å². The summed E-state index contributed by atoms with van der Waals surface area (Å²) in [6.07, 6.45) is 3.41. The van der Waals surface area contributed by atoms with Crippen molar-refractivity contribution in [3.05, 3.63) is 45.7 Å². The number of aromatic nitrogens is 4. The van der Waals surface area contributed by atoms with Gasteiger partial charge in [0, 0.05) is 0 Å². The van der Waals surface area contributed by atoms with Crippen LogP contribution in [0.4, 0.5) is 4.39 Å². The molecule has 1 atom stereocenters. The highest BCUT2D eigenvalue weighted by Crippen LogP contribution is 2.38. The Hall–Kier alpha value is -2.62. The number of fused-ring (bicyclic) bond motifs is 1. The van der Waals surface area contributed by atoms with Gasteiger partial charge in [-0.3, -0.25) is 4.52 Å². The van der Waals surface area contributed by atoms with Crippen LogP contribution in [0.15, 0.2) is 32.1 Å². The zero-order chi connectivity index (χ0) is 18.1. The second-order valence-electron chi connectivity index (χ2n) is 5.82. The largest absolute Gasteiger partial charge is 0.474 e. The molecule has 26 heavy (non-hydrogen) atoms. The number of hydrogen-bond acceptors (Lipinski definition) is 8. The van der Waals surface area contributed by atoms with Gasteiger partial charge >= 0.3 is 5.76 Å². The molecule has 3 aromatic rings. The molecule has 1 aliphatic carbocycles. The number of halogens is 1. The summed E-state index contributed by atoms with van der Waals surface area (Å²) in [7, 11) is 0. The standard InChI is InChI=1S/C16H15FN4O4S/c1-26-6-2-5-23-15-13(18-25-20-15)14-19-24-16(22)21(14)12-7-9-3-4-10(17)8-11(9)12/h3-4,8,12H,2,5-7H2,1H3. The number of ether oxygens (including phenoxy) is 1. The lowest BCUT2D eigenvalue weighted by Crippen LogP contribution is -2.31. The van der Waals surface area contributed by atoms with E-state index in [9.17, 15) is 9.18 Å². The predicted octanol–water partition coefficient (Wildman–Crippen LogP) is 2.30. The summed E-state index contributed by atoms with van der Waals surface area (Å²) in [6, 6.07) is 4.13. The first kappa shape index (κ1) is 16.8. The van der Waals surface area contributed by atoms with Crippen LogP contribution in [-0.4, -0.2) is 38.7 Å². The molecule has 0 fully saturated rings. The first-order chi connectivity index (χ1) is 12.7. The first-order valence-electron chi connectivity index (χ1n) is 8.00. The van der Waals surface area contributed by atoms with E-state index in [2.05, 4.69) is 15.5 Å². The van der Waals surface area contributed by atoms with Crippen LogP contribution in [0.1, 0.15) is 23.6 Å². The van der Waals surface area contributed by atoms with E-state index < -0.39 is 5.76 Å². The maximum atomic E-state index is 13.6. The lowest BCUT2D eigenvalue weighted by atomic mass is 9.83. The average molecular weight is 378 g/mol. The molecule has 0 saturated heterocycles. The molecule has 4 rings (SSSR count). The van der Waals surface area contributed by atoms with Crippen LogP contribution >= 0.6 is 11.8 Å². The number of rotatable bonds is 7. The highest BCUT2D eigenvalue weighted by Gasteiger charge is 2.34. The van der Waals surface area contributed by atoms with E-state index in [0.29, 0.717) is 13.0 Å². The summed E-state index contributed by atoms with van der Waals surface area (Å²) in [5, 5.41) is 11.3. The highest BCUT2D eigenvalue weighted by atomic mass is 32.2. The van der Waals surface area contributed by atoms with E-state index in [1.165, 1.54) is 16.7 Å². The predicted molar refractivity (Wildman–Crippen MR) is 90.8 cm³/mol. The smallest absolute Gasteiger partial charge is 0.442 e. The minimum Gasteiger partial charge on any atom is -0.474 e. The highest BCUT2D eigenvalue weighted by molar-refractivity contribution is 7.98. The number of nitrogens with zero attached hydrogens (tertiary/aromatic N) is 4. The molecule has 10 heteroatoms. The van der Waals surface area contributed by atoms with Crippen LogP contribution in [0.3, 0.4) is 0 Å². The van der Waals surface area contributed by atoms with Gasteiger partial charge in [0.2, 0.25) is 11.5 Å². The van der Waals surface area contributed by atoms with Gasteiger partial charge in [0.05, 0.1) is 12.6 Å². The normalized spacial score (nSPS) is 15.5. The van der Waals surface area contributed by atoms with E-state index >= 15 is 0 Å². The van der Waals surface area contributed by atoms with Gasteiger partial charge in [-0.2, -0.15) is 11.8 Å². The molecule has 136 valence electrons. The molecule has 1 aliphatic rings. The first-order valence-corrected chi connectivity index (χ1v) is 9.39. The van der Waals surface area contributed by atoms with E-state index in [1.807, 2.05) is 6.26 Å². The Bertz CT molecular complexity index is 983. The molecule has 0 amide bonds. The van der Waals surface area contributed by atoms with E-state index in [1.54, 1.807) is 17.8 Å². The molecule has 8 nitrogen and oxygen atoms in total. The number of benzene rings is 1. The van der Waals surface area contributed by atoms with Crippen molar-refractivity contribution in [2.75, 3.05) is 18.6 Å². The molecule has 0 aliphatic heterocycles. The minimum absolute atomic E-state index is 0.145. The van der Waals surface area contributed by atoms with Crippen molar-refractivity contribution in [3.8, 4) is 17.4 Å². The summed E-state index contributed by atoms with van der Waals surface area (Å²) in [5.74, 6) is 0.222. The minimum atomic E-state index is -0.656. The maximum Gasteiger partial charge on any atom is 0.442 e. The number of hydrogen-bond donors (Lipinski definition) is 0. The van der Waals surface area contributed by atoms with Gasteiger partial charge in [-0.25, -0.2) is 18.4 Å². The SMILES string of the molecule is CSCCCOc1nonc1-c1noc(=O)n1C1Cc2ccc(F)cc21. The van der Waals surface area contributed by atoms with Crippen LogP contribution in [0.25, 0.3) is 11.5 Å². The molecule has 2 aromatic heterocycles. The van der Waals surface area contributed by atoms with Crippen molar-refractivity contribution >= 4 is 11.8 Å². The molecule has 2 heterocycles. The van der Waals surface area contributed by atoms with E-state index in [-0.39, 0.29) is 29.3 Å². The van der Waals surface area contributed by atoms with Gasteiger partial charge < -0.3 is 4.74 Å². The van der Waals surface area contributed by atoms with Crippen LogP contribution in [0.5, 0.6) is 5.88 Å². The third-order valence-corrected chi connectivity index (χ3v) is 4.93. The van der Waals surface area contributed by atoms with Crippen molar-refractivity contribution in [2.24, 2.45) is 0 Å². The van der Waals surface area contributed by atoms with Gasteiger partial charge in [0.15, 0.2) is 0 Å². The molecular formula is C16H15FN4O4S. The quantitative estimate of drug-likeness (QED) is 0.578. The Morgan fingerprint density at radius 1 is 1.38 bits per heavy atom. The van der Waals surface area contributed by atoms with Crippen molar-refractivity contribution in [2.45, 2.75) is 18.9 Å². The van der Waals surface area contributed by atoms with Gasteiger partial charge in [-0.15, -0.1) is 0 Å².